The Hall–Kier alpha value is -3.66. The van der Waals surface area contributed by atoms with Crippen LogP contribution in [0.3, 0.4) is 0 Å². The van der Waals surface area contributed by atoms with Gasteiger partial charge in [-0.15, -0.1) is 10.2 Å². The van der Waals surface area contributed by atoms with Gasteiger partial charge in [-0.1, -0.05) is 24.3 Å². The van der Waals surface area contributed by atoms with Gasteiger partial charge in [-0.3, -0.25) is 4.40 Å². The summed E-state index contributed by atoms with van der Waals surface area (Å²) in [5.41, 5.74) is 4.83. The monoisotopic (exact) mass is 465 g/mol. The molecule has 1 aliphatic rings. The van der Waals surface area contributed by atoms with Crippen LogP contribution in [-0.4, -0.2) is 53.2 Å². The van der Waals surface area contributed by atoms with Crippen molar-refractivity contribution in [3.8, 4) is 22.6 Å². The lowest BCUT2D eigenvalue weighted by molar-refractivity contribution is 0.341. The number of anilines is 1. The van der Waals surface area contributed by atoms with Crippen molar-refractivity contribution in [2.45, 2.75) is 13.0 Å². The van der Waals surface area contributed by atoms with E-state index in [-0.39, 0.29) is 12.4 Å². The number of hydrogen-bond acceptors (Lipinski definition) is 8. The molecule has 5 rings (SSSR count). The Balaban J connectivity index is 1.33. The molecule has 0 bridgehead atoms. The van der Waals surface area contributed by atoms with E-state index in [4.69, 9.17) is 9.47 Å². The predicted molar refractivity (Wildman–Crippen MR) is 124 cm³/mol. The summed E-state index contributed by atoms with van der Waals surface area (Å²) in [6, 6.07) is 13.5. The highest BCUT2D eigenvalue weighted by atomic mass is 32.2. The number of nitrogens with zero attached hydrogens (tertiary/aromatic N) is 4. The van der Waals surface area contributed by atoms with E-state index >= 15 is 0 Å². The molecule has 0 saturated heterocycles. The van der Waals surface area contributed by atoms with Gasteiger partial charge in [0.1, 0.15) is 24.4 Å². The summed E-state index contributed by atoms with van der Waals surface area (Å²) in [6.07, 6.45) is 5.50. The Kier molecular flexibility index (Phi) is 5.59. The topological polar surface area (TPSA) is 108 Å². The van der Waals surface area contributed by atoms with Crippen LogP contribution in [0.1, 0.15) is 11.1 Å². The molecule has 0 unspecified atom stereocenters. The second kappa shape index (κ2) is 8.70. The molecule has 0 spiro atoms. The average molecular weight is 466 g/mol. The van der Waals surface area contributed by atoms with Gasteiger partial charge >= 0.3 is 0 Å². The van der Waals surface area contributed by atoms with E-state index in [1.807, 2.05) is 28.7 Å². The average Bonchev–Trinajstić information content (AvgIpc) is 3.47. The van der Waals surface area contributed by atoms with Crippen LogP contribution in [0.5, 0.6) is 11.5 Å². The van der Waals surface area contributed by atoms with Crippen molar-refractivity contribution in [1.29, 1.82) is 0 Å². The molecule has 2 aromatic carbocycles. The first kappa shape index (κ1) is 21.2. The van der Waals surface area contributed by atoms with E-state index in [1.165, 1.54) is 17.4 Å². The molecule has 4 aromatic rings. The maximum atomic E-state index is 11.3. The molecule has 9 nitrogen and oxygen atoms in total. The SMILES string of the molecule is CS(=O)(=O)CCOc1ccc(-c2cnc(NCc3cccc4c3CCO4)n3cnnc23)cc1. The summed E-state index contributed by atoms with van der Waals surface area (Å²) in [7, 11) is -3.06. The van der Waals surface area contributed by atoms with Crippen LogP contribution in [-0.2, 0) is 22.8 Å². The van der Waals surface area contributed by atoms with Crippen LogP contribution in [0, 0.1) is 0 Å². The normalized spacial score (nSPS) is 13.0. The summed E-state index contributed by atoms with van der Waals surface area (Å²) >= 11 is 0. The zero-order chi connectivity index (χ0) is 22.8. The molecule has 10 heteroatoms. The third kappa shape index (κ3) is 4.61. The van der Waals surface area contributed by atoms with E-state index in [0.717, 1.165) is 29.9 Å². The van der Waals surface area contributed by atoms with Crippen LogP contribution in [0.25, 0.3) is 16.8 Å². The molecule has 0 atom stereocenters. The number of fused-ring (bicyclic) bond motifs is 2. The largest absolute Gasteiger partial charge is 0.493 e. The molecule has 1 aliphatic heterocycles. The fourth-order valence-electron chi connectivity index (χ4n) is 3.83. The highest BCUT2D eigenvalue weighted by molar-refractivity contribution is 7.90. The molecule has 0 radical (unpaired) electrons. The number of hydrogen-bond donors (Lipinski definition) is 1. The Labute approximate surface area is 191 Å². The van der Waals surface area contributed by atoms with Crippen molar-refractivity contribution >= 4 is 21.4 Å². The molecule has 0 amide bonds. The van der Waals surface area contributed by atoms with Crippen LogP contribution in [0.4, 0.5) is 5.95 Å². The molecule has 2 aromatic heterocycles. The van der Waals surface area contributed by atoms with Gasteiger partial charge in [0.15, 0.2) is 15.5 Å². The standard InChI is InChI=1S/C23H23N5O4S/c1-33(29,30)12-11-31-18-7-5-16(6-8-18)20-14-25-23(28-15-26-27-22(20)28)24-13-17-3-2-4-21-19(17)9-10-32-21/h2-8,14-15H,9-13H2,1H3,(H,24,25). The number of benzene rings is 2. The van der Waals surface area contributed by atoms with Crippen LogP contribution in [0.15, 0.2) is 55.0 Å². The number of aromatic nitrogens is 4. The fourth-order valence-corrected chi connectivity index (χ4v) is 4.21. The zero-order valence-corrected chi connectivity index (χ0v) is 18.9. The van der Waals surface area contributed by atoms with Crippen molar-refractivity contribution in [1.82, 2.24) is 19.6 Å². The van der Waals surface area contributed by atoms with Crippen molar-refractivity contribution in [2.24, 2.45) is 0 Å². The van der Waals surface area contributed by atoms with E-state index in [1.54, 1.807) is 24.7 Å². The number of sulfone groups is 1. The predicted octanol–water partition coefficient (Wildman–Crippen LogP) is 2.76. The summed E-state index contributed by atoms with van der Waals surface area (Å²) < 4.78 is 35.5. The van der Waals surface area contributed by atoms with E-state index in [2.05, 4.69) is 26.6 Å². The first-order valence-corrected chi connectivity index (χ1v) is 12.6. The van der Waals surface area contributed by atoms with Gasteiger partial charge in [0.2, 0.25) is 5.95 Å². The van der Waals surface area contributed by atoms with Crippen molar-refractivity contribution in [3.05, 3.63) is 66.1 Å². The maximum Gasteiger partial charge on any atom is 0.210 e. The number of ether oxygens (including phenoxy) is 2. The summed E-state index contributed by atoms with van der Waals surface area (Å²) in [5.74, 6) is 2.18. The quantitative estimate of drug-likeness (QED) is 0.423. The van der Waals surface area contributed by atoms with E-state index in [0.29, 0.717) is 23.9 Å². The molecule has 0 aliphatic carbocycles. The van der Waals surface area contributed by atoms with Gasteiger partial charge in [0.05, 0.1) is 12.4 Å². The lowest BCUT2D eigenvalue weighted by Gasteiger charge is -2.12. The van der Waals surface area contributed by atoms with Crippen LogP contribution in [0.2, 0.25) is 0 Å². The summed E-state index contributed by atoms with van der Waals surface area (Å²) in [4.78, 5) is 4.61. The zero-order valence-electron chi connectivity index (χ0n) is 18.1. The Morgan fingerprint density at radius 2 is 2.03 bits per heavy atom. The molecule has 170 valence electrons. The number of nitrogens with one attached hydrogen (secondary N) is 1. The lowest BCUT2D eigenvalue weighted by atomic mass is 10.1. The second-order valence-corrected chi connectivity index (χ2v) is 10.1. The molecular formula is C23H23N5O4S. The maximum absolute atomic E-state index is 11.3. The lowest BCUT2D eigenvalue weighted by Crippen LogP contribution is -2.11. The number of rotatable bonds is 8. The van der Waals surface area contributed by atoms with Crippen LogP contribution >= 0.6 is 0 Å². The Morgan fingerprint density at radius 1 is 1.18 bits per heavy atom. The smallest absolute Gasteiger partial charge is 0.210 e. The van der Waals surface area contributed by atoms with Crippen LogP contribution < -0.4 is 14.8 Å². The summed E-state index contributed by atoms with van der Waals surface area (Å²) in [5, 5.41) is 11.7. The Bertz CT molecular complexity index is 1400. The molecule has 33 heavy (non-hydrogen) atoms. The fraction of sp³-hybridized carbons (Fsp3) is 0.261. The molecule has 0 saturated carbocycles. The summed E-state index contributed by atoms with van der Waals surface area (Å²) in [6.45, 7) is 1.45. The molecule has 3 heterocycles. The third-order valence-corrected chi connectivity index (χ3v) is 6.41. The van der Waals surface area contributed by atoms with Crippen molar-refractivity contribution in [3.63, 3.8) is 0 Å². The van der Waals surface area contributed by atoms with Gasteiger partial charge in [-0.05, 0) is 29.3 Å². The third-order valence-electron chi connectivity index (χ3n) is 5.50. The Morgan fingerprint density at radius 3 is 2.85 bits per heavy atom. The minimum Gasteiger partial charge on any atom is -0.493 e. The highest BCUT2D eigenvalue weighted by Crippen LogP contribution is 2.29. The first-order valence-electron chi connectivity index (χ1n) is 10.5. The molecule has 1 N–H and O–H groups in total. The van der Waals surface area contributed by atoms with Gasteiger partial charge in [0, 0.05) is 36.5 Å². The van der Waals surface area contributed by atoms with Gasteiger partial charge in [-0.25, -0.2) is 13.4 Å². The highest BCUT2D eigenvalue weighted by Gasteiger charge is 2.16. The van der Waals surface area contributed by atoms with E-state index < -0.39 is 9.84 Å². The van der Waals surface area contributed by atoms with Gasteiger partial charge in [0.25, 0.3) is 0 Å². The van der Waals surface area contributed by atoms with E-state index in [9.17, 15) is 8.42 Å². The molecule has 0 fully saturated rings. The first-order chi connectivity index (χ1) is 16.0. The minimum absolute atomic E-state index is 0.0215. The molecular weight excluding hydrogens is 442 g/mol. The van der Waals surface area contributed by atoms with Gasteiger partial charge < -0.3 is 14.8 Å². The van der Waals surface area contributed by atoms with Gasteiger partial charge in [-0.2, -0.15) is 0 Å². The second-order valence-electron chi connectivity index (χ2n) is 7.87. The minimum atomic E-state index is -3.06. The van der Waals surface area contributed by atoms with Crippen molar-refractivity contribution in [2.75, 3.05) is 30.5 Å². The van der Waals surface area contributed by atoms with Crippen molar-refractivity contribution < 1.29 is 17.9 Å².